The van der Waals surface area contributed by atoms with Crippen molar-refractivity contribution in [1.29, 1.82) is 0 Å². The molecule has 4 heteroatoms. The highest BCUT2D eigenvalue weighted by atomic mass is 19.1. The third-order valence-electron chi connectivity index (χ3n) is 1.53. The van der Waals surface area contributed by atoms with Gasteiger partial charge < -0.3 is 9.84 Å². The molecule has 0 aliphatic rings. The number of alkyl halides is 1. The standard InChI is InChI=1S/C9H9FO3/c10-6-5-7-3-1-2-4-8(7)13-9(11)12/h1-4H,5-6H2,(H,11,12). The van der Waals surface area contributed by atoms with Crippen molar-refractivity contribution in [2.75, 3.05) is 6.67 Å². The first-order chi connectivity index (χ1) is 6.24. The molecule has 0 radical (unpaired) electrons. The van der Waals surface area contributed by atoms with Crippen LogP contribution in [-0.4, -0.2) is 17.9 Å². The Morgan fingerprint density at radius 2 is 2.15 bits per heavy atom. The van der Waals surface area contributed by atoms with Gasteiger partial charge in [-0.1, -0.05) is 18.2 Å². The lowest BCUT2D eigenvalue weighted by molar-refractivity contribution is 0.144. The Morgan fingerprint density at radius 3 is 2.77 bits per heavy atom. The molecule has 0 bridgehead atoms. The number of para-hydroxylation sites is 1. The first-order valence-corrected chi connectivity index (χ1v) is 3.78. The molecule has 0 atom stereocenters. The van der Waals surface area contributed by atoms with Crippen molar-refractivity contribution in [3.05, 3.63) is 29.8 Å². The number of benzene rings is 1. The maximum absolute atomic E-state index is 12.0. The third kappa shape index (κ3) is 2.74. The summed E-state index contributed by atoms with van der Waals surface area (Å²) in [6.45, 7) is -0.528. The maximum Gasteiger partial charge on any atom is 0.511 e. The molecule has 0 saturated heterocycles. The van der Waals surface area contributed by atoms with Crippen molar-refractivity contribution < 1.29 is 19.0 Å². The topological polar surface area (TPSA) is 46.5 Å². The van der Waals surface area contributed by atoms with Crippen LogP contribution in [0.15, 0.2) is 24.3 Å². The van der Waals surface area contributed by atoms with E-state index in [0.29, 0.717) is 5.56 Å². The van der Waals surface area contributed by atoms with E-state index >= 15 is 0 Å². The molecule has 0 aromatic heterocycles. The quantitative estimate of drug-likeness (QED) is 0.578. The lowest BCUT2D eigenvalue weighted by Gasteiger charge is -2.04. The SMILES string of the molecule is O=C(O)Oc1ccccc1CCF. The van der Waals surface area contributed by atoms with Gasteiger partial charge in [-0.15, -0.1) is 0 Å². The lowest BCUT2D eigenvalue weighted by atomic mass is 10.1. The average Bonchev–Trinajstić information content (AvgIpc) is 2.08. The summed E-state index contributed by atoms with van der Waals surface area (Å²) in [5.74, 6) is 0.202. The summed E-state index contributed by atoms with van der Waals surface area (Å²) in [6, 6.07) is 6.48. The van der Waals surface area contributed by atoms with Crippen LogP contribution in [0.5, 0.6) is 5.75 Å². The molecule has 3 nitrogen and oxygen atoms in total. The second kappa shape index (κ2) is 4.45. The Bertz CT molecular complexity index is 299. The lowest BCUT2D eigenvalue weighted by Crippen LogP contribution is -2.05. The molecule has 0 amide bonds. The van der Waals surface area contributed by atoms with Gasteiger partial charge in [0.2, 0.25) is 0 Å². The van der Waals surface area contributed by atoms with Gasteiger partial charge >= 0.3 is 6.16 Å². The van der Waals surface area contributed by atoms with E-state index < -0.39 is 12.8 Å². The number of carbonyl (C=O) groups is 1. The molecule has 1 aromatic carbocycles. The normalized spacial score (nSPS) is 9.62. The zero-order valence-electron chi connectivity index (χ0n) is 6.87. The van der Waals surface area contributed by atoms with Crippen LogP contribution in [0.25, 0.3) is 0 Å². The van der Waals surface area contributed by atoms with Crippen molar-refractivity contribution in [3.8, 4) is 5.75 Å². The molecule has 13 heavy (non-hydrogen) atoms. The van der Waals surface area contributed by atoms with Crippen LogP contribution in [0, 0.1) is 0 Å². The van der Waals surface area contributed by atoms with E-state index in [1.807, 2.05) is 0 Å². The van der Waals surface area contributed by atoms with Crippen LogP contribution in [0.4, 0.5) is 9.18 Å². The first-order valence-electron chi connectivity index (χ1n) is 3.78. The molecular formula is C9H9FO3. The Kier molecular flexibility index (Phi) is 3.25. The Morgan fingerprint density at radius 1 is 1.46 bits per heavy atom. The molecule has 0 spiro atoms. The van der Waals surface area contributed by atoms with E-state index in [2.05, 4.69) is 4.74 Å². The Labute approximate surface area is 74.8 Å². The van der Waals surface area contributed by atoms with Gasteiger partial charge in [-0.05, 0) is 11.6 Å². The minimum atomic E-state index is -1.38. The average molecular weight is 184 g/mol. The number of hydrogen-bond acceptors (Lipinski definition) is 2. The summed E-state index contributed by atoms with van der Waals surface area (Å²) < 4.78 is 16.4. The number of halogens is 1. The Hall–Kier alpha value is -1.58. The van der Waals surface area contributed by atoms with Crippen LogP contribution < -0.4 is 4.74 Å². The zero-order valence-corrected chi connectivity index (χ0v) is 6.87. The molecule has 0 heterocycles. The largest absolute Gasteiger partial charge is 0.511 e. The minimum absolute atomic E-state index is 0.170. The molecule has 1 aromatic rings. The predicted molar refractivity (Wildman–Crippen MR) is 44.8 cm³/mol. The van der Waals surface area contributed by atoms with Crippen molar-refractivity contribution in [3.63, 3.8) is 0 Å². The fourth-order valence-corrected chi connectivity index (χ4v) is 1.01. The van der Waals surface area contributed by atoms with Crippen LogP contribution in [0.1, 0.15) is 5.56 Å². The zero-order chi connectivity index (χ0) is 9.68. The van der Waals surface area contributed by atoms with E-state index in [1.54, 1.807) is 18.2 Å². The van der Waals surface area contributed by atoms with Crippen molar-refractivity contribution >= 4 is 6.16 Å². The molecule has 70 valence electrons. The van der Waals surface area contributed by atoms with Gasteiger partial charge in [0, 0.05) is 6.42 Å². The summed E-state index contributed by atoms with van der Waals surface area (Å²) in [4.78, 5) is 10.2. The highest BCUT2D eigenvalue weighted by molar-refractivity contribution is 5.62. The van der Waals surface area contributed by atoms with E-state index in [9.17, 15) is 9.18 Å². The second-order valence-electron chi connectivity index (χ2n) is 2.41. The maximum atomic E-state index is 12.0. The van der Waals surface area contributed by atoms with Gasteiger partial charge in [-0.3, -0.25) is 4.39 Å². The number of hydrogen-bond donors (Lipinski definition) is 1. The summed E-state index contributed by atoms with van der Waals surface area (Å²) in [6.07, 6.45) is -1.21. The van der Waals surface area contributed by atoms with Gasteiger partial charge in [0.05, 0.1) is 6.67 Å². The van der Waals surface area contributed by atoms with Crippen molar-refractivity contribution in [1.82, 2.24) is 0 Å². The van der Waals surface area contributed by atoms with Crippen LogP contribution in [0.3, 0.4) is 0 Å². The van der Waals surface area contributed by atoms with Crippen LogP contribution in [0.2, 0.25) is 0 Å². The van der Waals surface area contributed by atoms with Gasteiger partial charge in [0.15, 0.2) is 0 Å². The molecule has 0 saturated carbocycles. The minimum Gasteiger partial charge on any atom is -0.449 e. The summed E-state index contributed by atoms with van der Waals surface area (Å²) in [5.41, 5.74) is 0.562. The van der Waals surface area contributed by atoms with Crippen LogP contribution in [-0.2, 0) is 6.42 Å². The molecule has 1 rings (SSSR count). The number of carboxylic acid groups (broad SMARTS) is 1. The molecule has 0 aliphatic heterocycles. The molecule has 0 fully saturated rings. The summed E-state index contributed by atoms with van der Waals surface area (Å²) in [5, 5.41) is 8.34. The molecule has 0 unspecified atom stereocenters. The third-order valence-corrected chi connectivity index (χ3v) is 1.53. The van der Waals surface area contributed by atoms with E-state index in [4.69, 9.17) is 5.11 Å². The van der Waals surface area contributed by atoms with Crippen molar-refractivity contribution in [2.45, 2.75) is 6.42 Å². The van der Waals surface area contributed by atoms with E-state index in [0.717, 1.165) is 0 Å². The highest BCUT2D eigenvalue weighted by Gasteiger charge is 2.05. The predicted octanol–water partition coefficient (Wildman–Crippen LogP) is 2.26. The molecule has 0 aliphatic carbocycles. The van der Waals surface area contributed by atoms with Gasteiger partial charge in [-0.2, -0.15) is 0 Å². The van der Waals surface area contributed by atoms with Gasteiger partial charge in [-0.25, -0.2) is 4.79 Å². The first kappa shape index (κ1) is 9.51. The highest BCUT2D eigenvalue weighted by Crippen LogP contribution is 2.18. The van der Waals surface area contributed by atoms with Gasteiger partial charge in [0.25, 0.3) is 0 Å². The van der Waals surface area contributed by atoms with E-state index in [1.165, 1.54) is 6.07 Å². The second-order valence-corrected chi connectivity index (χ2v) is 2.41. The van der Waals surface area contributed by atoms with E-state index in [-0.39, 0.29) is 12.2 Å². The van der Waals surface area contributed by atoms with Crippen LogP contribution >= 0.6 is 0 Å². The summed E-state index contributed by atoms with van der Waals surface area (Å²) >= 11 is 0. The number of rotatable bonds is 3. The molecular weight excluding hydrogens is 175 g/mol. The fourth-order valence-electron chi connectivity index (χ4n) is 1.01. The van der Waals surface area contributed by atoms with Crippen molar-refractivity contribution in [2.24, 2.45) is 0 Å². The number of ether oxygens (including phenoxy) is 1. The summed E-state index contributed by atoms with van der Waals surface area (Å²) in [7, 11) is 0. The monoisotopic (exact) mass is 184 g/mol. The smallest absolute Gasteiger partial charge is 0.449 e. The van der Waals surface area contributed by atoms with Gasteiger partial charge in [0.1, 0.15) is 5.75 Å². The Balaban J connectivity index is 2.84. The fraction of sp³-hybridized carbons (Fsp3) is 0.222. The number of aryl methyl sites for hydroxylation is 1. The molecule has 1 N–H and O–H groups in total.